The molecule has 0 spiro atoms. The van der Waals surface area contributed by atoms with Gasteiger partial charge in [-0.2, -0.15) is 0 Å². The Morgan fingerprint density at radius 1 is 0.833 bits per heavy atom. The van der Waals surface area contributed by atoms with Gasteiger partial charge in [-0.15, -0.1) is 0 Å². The molecule has 0 amide bonds. The van der Waals surface area contributed by atoms with Gasteiger partial charge in [0.25, 0.3) is 0 Å². The van der Waals surface area contributed by atoms with Crippen molar-refractivity contribution in [1.82, 2.24) is 0 Å². The number of hydrogen-bond acceptors (Lipinski definition) is 13. The maximum Gasteiger partial charge on any atom is 0.231 e. The van der Waals surface area contributed by atoms with Crippen molar-refractivity contribution < 1.29 is 63.1 Å². The van der Waals surface area contributed by atoms with Crippen molar-refractivity contribution in [2.24, 2.45) is 11.8 Å². The SMILES string of the molecule is COc1cc([C@@H]2c3cc4c(cc3[C@@H](OC3OC5COC(C)OC5[C@H](O)C3O)C3COC(O)[C@@H]32)OCO4)cc(OC)c1O. The number of phenols is 1. The van der Waals surface area contributed by atoms with Gasteiger partial charge in [-0.25, -0.2) is 0 Å². The molecule has 7 unspecified atom stereocenters. The Balaban J connectivity index is 1.31. The molecule has 4 N–H and O–H groups in total. The molecule has 0 aromatic heterocycles. The average molecular weight is 591 g/mol. The van der Waals surface area contributed by atoms with E-state index in [1.165, 1.54) is 14.2 Å². The van der Waals surface area contributed by atoms with E-state index in [-0.39, 0.29) is 37.3 Å². The molecule has 13 heteroatoms. The van der Waals surface area contributed by atoms with E-state index < -0.39 is 67.1 Å². The second kappa shape index (κ2) is 10.7. The number of benzene rings is 2. The van der Waals surface area contributed by atoms with Crippen LogP contribution in [0.5, 0.6) is 28.7 Å². The average Bonchev–Trinajstić information content (AvgIpc) is 3.61. The van der Waals surface area contributed by atoms with Gasteiger partial charge in [-0.1, -0.05) is 0 Å². The first-order valence-corrected chi connectivity index (χ1v) is 13.9. The van der Waals surface area contributed by atoms with Crippen LogP contribution in [0.2, 0.25) is 0 Å². The Morgan fingerprint density at radius 3 is 2.21 bits per heavy atom. The second-order valence-electron chi connectivity index (χ2n) is 11.1. The molecule has 1 aliphatic carbocycles. The summed E-state index contributed by atoms with van der Waals surface area (Å²) in [6.07, 6.45) is -7.79. The monoisotopic (exact) mass is 590 g/mol. The molecule has 3 fully saturated rings. The zero-order chi connectivity index (χ0) is 29.3. The highest BCUT2D eigenvalue weighted by Crippen LogP contribution is 2.57. The number of hydrogen-bond donors (Lipinski definition) is 4. The molecule has 13 nitrogen and oxygen atoms in total. The van der Waals surface area contributed by atoms with Gasteiger partial charge in [0.15, 0.2) is 41.9 Å². The Hall–Kier alpha value is -2.88. The van der Waals surface area contributed by atoms with Gasteiger partial charge in [-0.3, -0.25) is 0 Å². The normalized spacial score (nSPS) is 38.4. The number of aromatic hydroxyl groups is 1. The lowest BCUT2D eigenvalue weighted by molar-refractivity contribution is -0.364. The molecule has 7 rings (SSSR count). The van der Waals surface area contributed by atoms with Gasteiger partial charge in [0, 0.05) is 17.8 Å². The van der Waals surface area contributed by atoms with Crippen LogP contribution in [0.4, 0.5) is 0 Å². The lowest BCUT2D eigenvalue weighted by atomic mass is 9.65. The van der Waals surface area contributed by atoms with E-state index in [9.17, 15) is 20.4 Å². The summed E-state index contributed by atoms with van der Waals surface area (Å²) in [7, 11) is 2.89. The van der Waals surface area contributed by atoms with Crippen LogP contribution in [0.25, 0.3) is 0 Å². The fourth-order valence-electron chi connectivity index (χ4n) is 6.90. The summed E-state index contributed by atoms with van der Waals surface area (Å²) in [5.74, 6) is -0.0680. The van der Waals surface area contributed by atoms with E-state index in [2.05, 4.69) is 0 Å². The van der Waals surface area contributed by atoms with E-state index in [1.54, 1.807) is 19.1 Å². The lowest BCUT2D eigenvalue weighted by Gasteiger charge is -2.48. The van der Waals surface area contributed by atoms with Crippen LogP contribution < -0.4 is 18.9 Å². The maximum absolute atomic E-state index is 11.2. The molecule has 0 radical (unpaired) electrons. The molecule has 228 valence electrons. The predicted molar refractivity (Wildman–Crippen MR) is 139 cm³/mol. The number of fused-ring (bicyclic) bond motifs is 4. The van der Waals surface area contributed by atoms with Crippen molar-refractivity contribution in [3.05, 3.63) is 41.0 Å². The quantitative estimate of drug-likeness (QED) is 0.392. The maximum atomic E-state index is 11.2. The molecule has 0 bridgehead atoms. The third-order valence-corrected chi connectivity index (χ3v) is 8.90. The topological polar surface area (TPSA) is 164 Å². The fourth-order valence-corrected chi connectivity index (χ4v) is 6.90. The van der Waals surface area contributed by atoms with Crippen molar-refractivity contribution in [3.63, 3.8) is 0 Å². The first-order chi connectivity index (χ1) is 20.3. The van der Waals surface area contributed by atoms with Gasteiger partial charge < -0.3 is 63.1 Å². The molecule has 5 aliphatic rings. The smallest absolute Gasteiger partial charge is 0.231 e. The van der Waals surface area contributed by atoms with Crippen molar-refractivity contribution in [3.8, 4) is 28.7 Å². The van der Waals surface area contributed by atoms with Crippen LogP contribution in [0.15, 0.2) is 24.3 Å². The molecule has 2 aromatic rings. The minimum Gasteiger partial charge on any atom is -0.502 e. The van der Waals surface area contributed by atoms with Crippen molar-refractivity contribution >= 4 is 0 Å². The Morgan fingerprint density at radius 2 is 1.52 bits per heavy atom. The van der Waals surface area contributed by atoms with E-state index in [1.807, 2.05) is 12.1 Å². The summed E-state index contributed by atoms with van der Waals surface area (Å²) in [6.45, 7) is 2.07. The molecule has 2 aromatic carbocycles. The summed E-state index contributed by atoms with van der Waals surface area (Å²) in [5.41, 5.74) is 2.18. The highest BCUT2D eigenvalue weighted by Gasteiger charge is 2.55. The lowest BCUT2D eigenvalue weighted by Crippen LogP contribution is -2.63. The van der Waals surface area contributed by atoms with Gasteiger partial charge in [-0.05, 0) is 47.9 Å². The number of aliphatic hydroxyl groups is 3. The van der Waals surface area contributed by atoms with Crippen LogP contribution >= 0.6 is 0 Å². The van der Waals surface area contributed by atoms with Crippen LogP contribution in [0.3, 0.4) is 0 Å². The Labute approximate surface area is 241 Å². The third-order valence-electron chi connectivity index (χ3n) is 8.90. The summed E-state index contributed by atoms with van der Waals surface area (Å²) in [5, 5.41) is 43.7. The first-order valence-electron chi connectivity index (χ1n) is 13.9. The van der Waals surface area contributed by atoms with E-state index in [0.29, 0.717) is 22.6 Å². The zero-order valence-corrected chi connectivity index (χ0v) is 23.2. The van der Waals surface area contributed by atoms with E-state index >= 15 is 0 Å². The minimum atomic E-state index is -1.41. The van der Waals surface area contributed by atoms with Crippen LogP contribution in [-0.2, 0) is 23.7 Å². The van der Waals surface area contributed by atoms with Gasteiger partial charge in [0.2, 0.25) is 12.5 Å². The molecular formula is C29H34O13. The largest absolute Gasteiger partial charge is 0.502 e. The van der Waals surface area contributed by atoms with Gasteiger partial charge in [0.05, 0.1) is 33.5 Å². The molecular weight excluding hydrogens is 556 g/mol. The summed E-state index contributed by atoms with van der Waals surface area (Å²) in [4.78, 5) is 0. The zero-order valence-electron chi connectivity index (χ0n) is 23.2. The molecule has 4 heterocycles. The number of rotatable bonds is 5. The molecule has 11 atom stereocenters. The fraction of sp³-hybridized carbons (Fsp3) is 0.586. The number of ether oxygens (including phenoxy) is 9. The van der Waals surface area contributed by atoms with Crippen LogP contribution in [0.1, 0.15) is 35.6 Å². The van der Waals surface area contributed by atoms with Gasteiger partial charge in [0.1, 0.15) is 24.4 Å². The summed E-state index contributed by atoms with van der Waals surface area (Å²) in [6, 6.07) is 7.08. The van der Waals surface area contributed by atoms with E-state index in [0.717, 1.165) is 5.56 Å². The van der Waals surface area contributed by atoms with Crippen LogP contribution in [-0.4, -0.2) is 97.9 Å². The highest BCUT2D eigenvalue weighted by atomic mass is 16.8. The van der Waals surface area contributed by atoms with Crippen molar-refractivity contribution in [2.45, 2.75) is 62.2 Å². The molecule has 0 saturated carbocycles. The molecule has 42 heavy (non-hydrogen) atoms. The molecule has 4 aliphatic heterocycles. The van der Waals surface area contributed by atoms with Crippen molar-refractivity contribution in [1.29, 1.82) is 0 Å². The Kier molecular flexibility index (Phi) is 7.10. The number of aliphatic hydroxyl groups excluding tert-OH is 3. The standard InChI is InChI=1S/C29H34O13/c1-11-36-9-20-27(40-11)24(31)25(32)29(41-20)42-26-14-7-17-16(38-10-39-17)6-13(14)21(22-15(26)8-37-28(22)33)12-4-18(34-2)23(30)19(5-12)35-3/h4-7,11,15,20-22,24-33H,8-10H2,1-3H3/t11?,15?,20?,21-,22+,24-,25?,26-,27?,28?,29?/m1/s1. The third kappa shape index (κ3) is 4.38. The molecule has 3 saturated heterocycles. The number of methoxy groups -OCH3 is 2. The minimum absolute atomic E-state index is 0.0476. The van der Waals surface area contributed by atoms with Gasteiger partial charge >= 0.3 is 0 Å². The first kappa shape index (κ1) is 27.9. The van der Waals surface area contributed by atoms with E-state index in [4.69, 9.17) is 42.6 Å². The van der Waals surface area contributed by atoms with Crippen LogP contribution in [0, 0.1) is 11.8 Å². The summed E-state index contributed by atoms with van der Waals surface area (Å²) < 4.78 is 51.9. The van der Waals surface area contributed by atoms with Crippen molar-refractivity contribution in [2.75, 3.05) is 34.2 Å². The number of phenolic OH excluding ortho intramolecular Hbond substituents is 1. The Bertz CT molecular complexity index is 1310. The second-order valence-corrected chi connectivity index (χ2v) is 11.1. The highest BCUT2D eigenvalue weighted by molar-refractivity contribution is 5.58. The summed E-state index contributed by atoms with van der Waals surface area (Å²) >= 11 is 0. The predicted octanol–water partition coefficient (Wildman–Crippen LogP) is 1.13.